The quantitative estimate of drug-likeness (QED) is 0.337. The van der Waals surface area contributed by atoms with Gasteiger partial charge in [-0.1, -0.05) is 56.4 Å². The van der Waals surface area contributed by atoms with Gasteiger partial charge < -0.3 is 4.98 Å². The first kappa shape index (κ1) is 22.0. The number of nitrogens with zero attached hydrogens (tertiary/aromatic N) is 1. The van der Waals surface area contributed by atoms with E-state index < -0.39 is 12.6 Å². The molecule has 0 saturated heterocycles. The summed E-state index contributed by atoms with van der Waals surface area (Å²) in [6, 6.07) is 18.4. The number of hydrogen-bond acceptors (Lipinski definition) is 1. The molecule has 1 aromatic heterocycles. The van der Waals surface area contributed by atoms with Crippen LogP contribution in [-0.4, -0.2) is 11.2 Å². The van der Waals surface area contributed by atoms with E-state index in [1.165, 1.54) is 0 Å². The molecular weight excluding hydrogens is 385 g/mol. The molecule has 0 spiro atoms. The molecule has 5 heteroatoms. The predicted molar refractivity (Wildman–Crippen MR) is 115 cm³/mol. The Kier molecular flexibility index (Phi) is 7.57. The van der Waals surface area contributed by atoms with Gasteiger partial charge in [0.25, 0.3) is 0 Å². The average molecular weight is 412 g/mol. The van der Waals surface area contributed by atoms with Crippen LogP contribution in [0, 0.1) is 11.3 Å². The topological polar surface area (TPSA) is 39.6 Å². The van der Waals surface area contributed by atoms with Crippen LogP contribution in [0.5, 0.6) is 0 Å². The lowest BCUT2D eigenvalue weighted by atomic mass is 9.96. The van der Waals surface area contributed by atoms with Crippen LogP contribution in [0.25, 0.3) is 22.2 Å². The predicted octanol–water partition coefficient (Wildman–Crippen LogP) is 7.93. The highest BCUT2D eigenvalue weighted by molar-refractivity contribution is 5.86. The first-order valence-electron chi connectivity index (χ1n) is 10.6. The smallest absolute Gasteiger partial charge is 0.355 e. The van der Waals surface area contributed by atoms with Gasteiger partial charge in [-0.3, -0.25) is 0 Å². The van der Waals surface area contributed by atoms with Crippen molar-refractivity contribution in [1.29, 1.82) is 5.26 Å². The molecule has 0 aliphatic rings. The zero-order valence-electron chi connectivity index (χ0n) is 17.1. The number of fused-ring (bicyclic) bond motifs is 1. The molecule has 0 saturated carbocycles. The third kappa shape index (κ3) is 6.38. The molecule has 1 heterocycles. The maximum Gasteiger partial charge on any atom is 0.389 e. The molecule has 2 aromatic carbocycles. The van der Waals surface area contributed by atoms with Gasteiger partial charge in [0.2, 0.25) is 0 Å². The van der Waals surface area contributed by atoms with Gasteiger partial charge in [0, 0.05) is 28.6 Å². The van der Waals surface area contributed by atoms with Crippen molar-refractivity contribution >= 4 is 10.9 Å². The van der Waals surface area contributed by atoms with Gasteiger partial charge in [0.15, 0.2) is 0 Å². The van der Waals surface area contributed by atoms with Crippen LogP contribution in [0.2, 0.25) is 0 Å². The largest absolute Gasteiger partial charge is 0.389 e. The molecule has 0 fully saturated rings. The number of para-hydroxylation sites is 1. The van der Waals surface area contributed by atoms with Crippen molar-refractivity contribution in [1.82, 2.24) is 4.98 Å². The van der Waals surface area contributed by atoms with Gasteiger partial charge in [-0.15, -0.1) is 0 Å². The summed E-state index contributed by atoms with van der Waals surface area (Å²) in [5, 5.41) is 10.4. The lowest BCUT2D eigenvalue weighted by Crippen LogP contribution is -2.06. The molecule has 0 atom stereocenters. The Labute approximate surface area is 175 Å². The minimum absolute atomic E-state index is 0.234. The molecule has 0 radical (unpaired) electrons. The van der Waals surface area contributed by atoms with Crippen LogP contribution in [0.4, 0.5) is 13.2 Å². The standard InChI is InChI=1S/C25H27F3N2/c26-25(27,28)15-9-5-3-1-2-4-6-10-20-16-19(18-29)13-14-22(20)24-17-21-11-7-8-12-23(21)30-24/h7-8,11-14,16-17,30H,1-6,9-10,15H2. The van der Waals surface area contributed by atoms with Crippen LogP contribution in [-0.2, 0) is 6.42 Å². The van der Waals surface area contributed by atoms with E-state index in [1.807, 2.05) is 30.3 Å². The Hall–Kier alpha value is -2.74. The van der Waals surface area contributed by atoms with Gasteiger partial charge in [0.1, 0.15) is 0 Å². The molecule has 0 aliphatic heterocycles. The van der Waals surface area contributed by atoms with E-state index in [-0.39, 0.29) is 6.42 Å². The molecular formula is C25H27F3N2. The van der Waals surface area contributed by atoms with Gasteiger partial charge in [-0.2, -0.15) is 18.4 Å². The van der Waals surface area contributed by atoms with Crippen molar-refractivity contribution in [3.05, 3.63) is 59.7 Å². The van der Waals surface area contributed by atoms with E-state index in [1.54, 1.807) is 0 Å². The Balaban J connectivity index is 1.52. The second kappa shape index (κ2) is 10.3. The Morgan fingerprint density at radius 2 is 1.53 bits per heavy atom. The number of aryl methyl sites for hydroxylation is 1. The maximum absolute atomic E-state index is 12.1. The Morgan fingerprint density at radius 3 is 2.23 bits per heavy atom. The van der Waals surface area contributed by atoms with E-state index in [0.717, 1.165) is 66.2 Å². The molecule has 30 heavy (non-hydrogen) atoms. The highest BCUT2D eigenvalue weighted by Gasteiger charge is 2.25. The fraction of sp³-hybridized carbons (Fsp3) is 0.400. The number of rotatable bonds is 10. The average Bonchev–Trinajstić information content (AvgIpc) is 3.15. The van der Waals surface area contributed by atoms with E-state index in [9.17, 15) is 18.4 Å². The van der Waals surface area contributed by atoms with Crippen molar-refractivity contribution in [2.24, 2.45) is 0 Å². The van der Waals surface area contributed by atoms with Crippen molar-refractivity contribution in [3.63, 3.8) is 0 Å². The summed E-state index contributed by atoms with van der Waals surface area (Å²) in [5.74, 6) is 0. The van der Waals surface area contributed by atoms with Crippen molar-refractivity contribution in [2.75, 3.05) is 0 Å². The molecule has 1 N–H and O–H groups in total. The Bertz CT molecular complexity index is 963. The van der Waals surface area contributed by atoms with Crippen molar-refractivity contribution in [2.45, 2.75) is 64.0 Å². The summed E-state index contributed by atoms with van der Waals surface area (Å²) in [6.07, 6.45) is 1.99. The first-order valence-corrected chi connectivity index (χ1v) is 10.6. The van der Waals surface area contributed by atoms with Crippen LogP contribution in [0.3, 0.4) is 0 Å². The minimum atomic E-state index is -4.03. The molecule has 0 aliphatic carbocycles. The number of aromatic nitrogens is 1. The van der Waals surface area contributed by atoms with Gasteiger partial charge in [0.05, 0.1) is 11.6 Å². The van der Waals surface area contributed by atoms with Crippen LogP contribution >= 0.6 is 0 Å². The second-order valence-electron chi connectivity index (χ2n) is 7.84. The van der Waals surface area contributed by atoms with Gasteiger partial charge in [-0.05, 0) is 49.1 Å². The molecule has 0 amide bonds. The third-order valence-corrected chi connectivity index (χ3v) is 5.46. The summed E-state index contributed by atoms with van der Waals surface area (Å²) in [6.45, 7) is 0. The molecule has 2 nitrogen and oxygen atoms in total. The number of unbranched alkanes of at least 4 members (excludes halogenated alkanes) is 6. The van der Waals surface area contributed by atoms with Gasteiger partial charge in [-0.25, -0.2) is 0 Å². The van der Waals surface area contributed by atoms with Crippen LogP contribution < -0.4 is 0 Å². The fourth-order valence-electron chi connectivity index (χ4n) is 3.88. The number of nitrogens with one attached hydrogen (secondary N) is 1. The minimum Gasteiger partial charge on any atom is -0.355 e. The number of aromatic amines is 1. The summed E-state index contributed by atoms with van der Waals surface area (Å²) in [7, 11) is 0. The number of nitriles is 1. The van der Waals surface area contributed by atoms with E-state index in [4.69, 9.17) is 0 Å². The number of hydrogen-bond donors (Lipinski definition) is 1. The normalized spacial score (nSPS) is 11.7. The van der Waals surface area contributed by atoms with Crippen molar-refractivity contribution in [3.8, 4) is 17.3 Å². The van der Waals surface area contributed by atoms with E-state index in [0.29, 0.717) is 12.0 Å². The van der Waals surface area contributed by atoms with E-state index in [2.05, 4.69) is 29.3 Å². The second-order valence-corrected chi connectivity index (χ2v) is 7.84. The van der Waals surface area contributed by atoms with Gasteiger partial charge >= 0.3 is 6.18 Å². The molecule has 0 bridgehead atoms. The fourth-order valence-corrected chi connectivity index (χ4v) is 3.88. The zero-order valence-corrected chi connectivity index (χ0v) is 17.1. The monoisotopic (exact) mass is 412 g/mol. The SMILES string of the molecule is N#Cc1ccc(-c2cc3ccccc3[nH]2)c(CCCCCCCCCC(F)(F)F)c1. The third-order valence-electron chi connectivity index (χ3n) is 5.46. The number of benzene rings is 2. The molecule has 3 aromatic rings. The highest BCUT2D eigenvalue weighted by Crippen LogP contribution is 2.29. The maximum atomic E-state index is 12.1. The lowest BCUT2D eigenvalue weighted by molar-refractivity contribution is -0.135. The first-order chi connectivity index (χ1) is 14.5. The zero-order chi connectivity index (χ0) is 21.4. The van der Waals surface area contributed by atoms with Crippen LogP contribution in [0.15, 0.2) is 48.5 Å². The summed E-state index contributed by atoms with van der Waals surface area (Å²) in [5.41, 5.74) is 5.09. The number of halogens is 3. The van der Waals surface area contributed by atoms with Crippen LogP contribution in [0.1, 0.15) is 62.5 Å². The molecule has 3 rings (SSSR count). The molecule has 158 valence electrons. The summed E-state index contributed by atoms with van der Waals surface area (Å²) in [4.78, 5) is 3.47. The number of H-pyrrole nitrogens is 1. The lowest BCUT2D eigenvalue weighted by Gasteiger charge is -2.09. The van der Waals surface area contributed by atoms with E-state index >= 15 is 0 Å². The number of alkyl halides is 3. The summed E-state index contributed by atoms with van der Waals surface area (Å²) < 4.78 is 36.4. The summed E-state index contributed by atoms with van der Waals surface area (Å²) >= 11 is 0. The highest BCUT2D eigenvalue weighted by atomic mass is 19.4. The van der Waals surface area contributed by atoms with Crippen molar-refractivity contribution < 1.29 is 13.2 Å². The Morgan fingerprint density at radius 1 is 0.833 bits per heavy atom. The molecule has 0 unspecified atom stereocenters.